The van der Waals surface area contributed by atoms with Crippen LogP contribution in [0, 0.1) is 0 Å². The van der Waals surface area contributed by atoms with Crippen LogP contribution in [-0.2, 0) is 4.74 Å². The SMILES string of the molecule is CC(C)N1CCN(C(=O)c2cc(N)cc(C3CCN(C(=O)OC(C)(C)C)CC3)c2)CC1. The molecular weight excluding hydrogens is 392 g/mol. The first-order valence-electron chi connectivity index (χ1n) is 11.4. The fourth-order valence-electron chi connectivity index (χ4n) is 4.38. The van der Waals surface area contributed by atoms with Gasteiger partial charge in [-0.3, -0.25) is 9.69 Å². The second-order valence-electron chi connectivity index (χ2n) is 10.1. The van der Waals surface area contributed by atoms with E-state index in [-0.39, 0.29) is 17.9 Å². The summed E-state index contributed by atoms with van der Waals surface area (Å²) in [7, 11) is 0. The van der Waals surface area contributed by atoms with Crippen LogP contribution in [0.25, 0.3) is 0 Å². The third kappa shape index (κ3) is 6.12. The second kappa shape index (κ2) is 9.47. The molecule has 31 heavy (non-hydrogen) atoms. The third-order valence-electron chi connectivity index (χ3n) is 6.17. The first kappa shape index (κ1) is 23.4. The predicted molar refractivity (Wildman–Crippen MR) is 123 cm³/mol. The van der Waals surface area contributed by atoms with Crippen LogP contribution in [0.2, 0.25) is 0 Å². The number of nitrogens with two attached hydrogens (primary N) is 1. The van der Waals surface area contributed by atoms with Gasteiger partial charge >= 0.3 is 6.09 Å². The van der Waals surface area contributed by atoms with E-state index in [1.165, 1.54) is 0 Å². The van der Waals surface area contributed by atoms with E-state index in [2.05, 4.69) is 18.7 Å². The Labute approximate surface area is 186 Å². The Morgan fingerprint density at radius 2 is 1.58 bits per heavy atom. The number of benzene rings is 1. The highest BCUT2D eigenvalue weighted by Crippen LogP contribution is 2.31. The van der Waals surface area contributed by atoms with Gasteiger partial charge in [0.2, 0.25) is 0 Å². The molecule has 3 rings (SSSR count). The number of piperidine rings is 1. The highest BCUT2D eigenvalue weighted by Gasteiger charge is 2.29. The molecule has 0 spiro atoms. The molecule has 0 atom stereocenters. The second-order valence-corrected chi connectivity index (χ2v) is 10.1. The summed E-state index contributed by atoms with van der Waals surface area (Å²) in [6, 6.07) is 6.27. The van der Waals surface area contributed by atoms with Crippen LogP contribution in [0.5, 0.6) is 0 Å². The van der Waals surface area contributed by atoms with Crippen molar-refractivity contribution in [3.63, 3.8) is 0 Å². The van der Waals surface area contributed by atoms with Crippen LogP contribution >= 0.6 is 0 Å². The smallest absolute Gasteiger partial charge is 0.410 e. The van der Waals surface area contributed by atoms with Gasteiger partial charge in [-0.15, -0.1) is 0 Å². The van der Waals surface area contributed by atoms with Gasteiger partial charge in [-0.1, -0.05) is 0 Å². The van der Waals surface area contributed by atoms with Crippen molar-refractivity contribution in [3.8, 4) is 0 Å². The van der Waals surface area contributed by atoms with E-state index in [0.29, 0.717) is 30.4 Å². The molecule has 7 nitrogen and oxygen atoms in total. The first-order chi connectivity index (χ1) is 14.5. The minimum absolute atomic E-state index is 0.0585. The van der Waals surface area contributed by atoms with Gasteiger partial charge in [0.05, 0.1) is 0 Å². The van der Waals surface area contributed by atoms with Crippen molar-refractivity contribution in [1.82, 2.24) is 14.7 Å². The molecule has 2 N–H and O–H groups in total. The number of piperazine rings is 1. The zero-order chi connectivity index (χ0) is 22.8. The summed E-state index contributed by atoms with van der Waals surface area (Å²) in [6.07, 6.45) is 1.42. The highest BCUT2D eigenvalue weighted by atomic mass is 16.6. The number of carbonyl (C=O) groups is 2. The normalized spacial score (nSPS) is 19.0. The van der Waals surface area contributed by atoms with Crippen LogP contribution in [0.15, 0.2) is 18.2 Å². The van der Waals surface area contributed by atoms with Gasteiger partial charge < -0.3 is 20.3 Å². The van der Waals surface area contributed by atoms with Crippen molar-refractivity contribution in [2.45, 2.75) is 65.0 Å². The zero-order valence-corrected chi connectivity index (χ0v) is 19.7. The molecule has 0 aliphatic carbocycles. The summed E-state index contributed by atoms with van der Waals surface area (Å²) in [4.78, 5) is 31.5. The molecule has 0 saturated carbocycles. The van der Waals surface area contributed by atoms with E-state index >= 15 is 0 Å². The third-order valence-corrected chi connectivity index (χ3v) is 6.17. The van der Waals surface area contributed by atoms with Crippen LogP contribution in [0.4, 0.5) is 10.5 Å². The van der Waals surface area contributed by atoms with Crippen LogP contribution in [0.3, 0.4) is 0 Å². The average molecular weight is 431 g/mol. The summed E-state index contributed by atoms with van der Waals surface area (Å²) < 4.78 is 5.49. The van der Waals surface area contributed by atoms with E-state index in [9.17, 15) is 9.59 Å². The molecular formula is C24H38N4O3. The average Bonchev–Trinajstić information content (AvgIpc) is 2.71. The van der Waals surface area contributed by atoms with Gasteiger partial charge in [-0.05, 0) is 77.1 Å². The molecule has 1 aromatic rings. The summed E-state index contributed by atoms with van der Waals surface area (Å²) in [6.45, 7) is 14.6. The van der Waals surface area contributed by atoms with Gasteiger partial charge in [0.15, 0.2) is 0 Å². The highest BCUT2D eigenvalue weighted by molar-refractivity contribution is 5.95. The zero-order valence-electron chi connectivity index (χ0n) is 19.7. The van der Waals surface area contributed by atoms with Crippen molar-refractivity contribution in [3.05, 3.63) is 29.3 Å². The quantitative estimate of drug-likeness (QED) is 0.742. The minimum atomic E-state index is -0.488. The van der Waals surface area contributed by atoms with Gasteiger partial charge in [-0.2, -0.15) is 0 Å². The Hall–Kier alpha value is -2.28. The van der Waals surface area contributed by atoms with E-state index in [1.807, 2.05) is 37.8 Å². The maximum atomic E-state index is 13.1. The molecule has 172 valence electrons. The van der Waals surface area contributed by atoms with Crippen molar-refractivity contribution < 1.29 is 14.3 Å². The molecule has 1 aromatic carbocycles. The maximum absolute atomic E-state index is 13.1. The summed E-state index contributed by atoms with van der Waals surface area (Å²) in [5.41, 5.74) is 8.07. The lowest BCUT2D eigenvalue weighted by molar-refractivity contribution is 0.0205. The van der Waals surface area contributed by atoms with Crippen LogP contribution in [-0.4, -0.2) is 77.6 Å². The van der Waals surface area contributed by atoms with E-state index in [1.54, 1.807) is 11.0 Å². The molecule has 2 amide bonds. The molecule has 2 heterocycles. The topological polar surface area (TPSA) is 79.1 Å². The van der Waals surface area contributed by atoms with Crippen molar-refractivity contribution >= 4 is 17.7 Å². The molecule has 2 saturated heterocycles. The molecule has 7 heteroatoms. The monoisotopic (exact) mass is 430 g/mol. The molecule has 0 aromatic heterocycles. The Morgan fingerprint density at radius 1 is 0.968 bits per heavy atom. The van der Waals surface area contributed by atoms with E-state index in [4.69, 9.17) is 10.5 Å². The number of likely N-dealkylation sites (tertiary alicyclic amines) is 1. The van der Waals surface area contributed by atoms with Crippen LogP contribution in [0.1, 0.15) is 69.3 Å². The molecule has 2 aliphatic heterocycles. The number of carbonyl (C=O) groups excluding carboxylic acids is 2. The number of rotatable bonds is 3. The molecule has 0 bridgehead atoms. The maximum Gasteiger partial charge on any atom is 0.410 e. The largest absolute Gasteiger partial charge is 0.444 e. The predicted octanol–water partition coefficient (Wildman–Crippen LogP) is 3.55. The number of ether oxygens (including phenoxy) is 1. The summed E-state index contributed by atoms with van der Waals surface area (Å²) in [5.74, 6) is 0.342. The number of anilines is 1. The molecule has 2 aliphatic rings. The number of hydrogen-bond donors (Lipinski definition) is 1. The summed E-state index contributed by atoms with van der Waals surface area (Å²) in [5, 5.41) is 0. The van der Waals surface area contributed by atoms with Crippen molar-refractivity contribution in [2.75, 3.05) is 45.0 Å². The van der Waals surface area contributed by atoms with Crippen molar-refractivity contribution in [2.24, 2.45) is 0 Å². The fourth-order valence-corrected chi connectivity index (χ4v) is 4.38. The first-order valence-corrected chi connectivity index (χ1v) is 11.4. The van der Waals surface area contributed by atoms with Gasteiger partial charge in [0.1, 0.15) is 5.60 Å². The fraction of sp³-hybridized carbons (Fsp3) is 0.667. The van der Waals surface area contributed by atoms with Crippen molar-refractivity contribution in [1.29, 1.82) is 0 Å². The molecule has 0 radical (unpaired) electrons. The number of nitrogens with zero attached hydrogens (tertiary/aromatic N) is 3. The number of amides is 2. The molecule has 2 fully saturated rings. The Bertz CT molecular complexity index is 787. The lowest BCUT2D eigenvalue weighted by Gasteiger charge is -2.37. The lowest BCUT2D eigenvalue weighted by atomic mass is 9.88. The Kier molecular flexibility index (Phi) is 7.14. The number of nitrogen functional groups attached to an aromatic ring is 1. The summed E-state index contributed by atoms with van der Waals surface area (Å²) >= 11 is 0. The number of hydrogen-bond acceptors (Lipinski definition) is 5. The van der Waals surface area contributed by atoms with E-state index in [0.717, 1.165) is 44.6 Å². The standard InChI is InChI=1S/C24H38N4O3/c1-17(2)26-10-12-27(13-11-26)22(29)20-14-19(15-21(25)16-20)18-6-8-28(9-7-18)23(30)31-24(3,4)5/h14-18H,6-13,25H2,1-5H3. The lowest BCUT2D eigenvalue weighted by Crippen LogP contribution is -2.50. The van der Waals surface area contributed by atoms with Gasteiger partial charge in [-0.25, -0.2) is 4.79 Å². The Morgan fingerprint density at radius 3 is 2.13 bits per heavy atom. The van der Waals surface area contributed by atoms with Gasteiger partial charge in [0.25, 0.3) is 5.91 Å². The van der Waals surface area contributed by atoms with Crippen LogP contribution < -0.4 is 5.73 Å². The Balaban J connectivity index is 1.63. The molecule has 0 unspecified atom stereocenters. The van der Waals surface area contributed by atoms with E-state index < -0.39 is 5.60 Å². The van der Waals surface area contributed by atoms with Gasteiger partial charge in [0, 0.05) is 56.6 Å². The minimum Gasteiger partial charge on any atom is -0.444 e.